The maximum atomic E-state index is 13.2. The summed E-state index contributed by atoms with van der Waals surface area (Å²) in [5, 5.41) is 3.03. The zero-order valence-corrected chi connectivity index (χ0v) is 19.5. The Balaban J connectivity index is 2.16. The normalized spacial score (nSPS) is 12.7. The van der Waals surface area contributed by atoms with Crippen molar-refractivity contribution >= 4 is 11.8 Å². The topological polar surface area (TPSA) is 58.6 Å². The maximum absolute atomic E-state index is 13.2. The summed E-state index contributed by atoms with van der Waals surface area (Å²) in [5.41, 5.74) is 3.19. The van der Waals surface area contributed by atoms with Gasteiger partial charge in [0.2, 0.25) is 5.91 Å². The van der Waals surface area contributed by atoms with E-state index in [1.54, 1.807) is 4.90 Å². The molecular weight excluding hydrogens is 388 g/mol. The number of hydrogen-bond acceptors (Lipinski definition) is 3. The second-order valence-corrected chi connectivity index (χ2v) is 8.12. The lowest BCUT2D eigenvalue weighted by molar-refractivity contribution is -0.142. The highest BCUT2D eigenvalue weighted by Crippen LogP contribution is 2.19. The summed E-state index contributed by atoms with van der Waals surface area (Å²) in [6.45, 7) is 10.3. The van der Waals surface area contributed by atoms with Crippen LogP contribution in [0.5, 0.6) is 5.75 Å². The van der Waals surface area contributed by atoms with E-state index in [0.29, 0.717) is 25.1 Å². The standard InChI is InChI=1S/C26H36N2O3/c1-6-21(5)27-26(30)23(7-2)28(16-15-22-11-9-8-10-12-22)25(29)18-31-24-17-19(3)13-14-20(24)4/h8-14,17,21,23H,6-7,15-16,18H2,1-5H3,(H,27,30)/t21-,23+/m0/s1. The van der Waals surface area contributed by atoms with E-state index >= 15 is 0 Å². The van der Waals surface area contributed by atoms with Crippen LogP contribution >= 0.6 is 0 Å². The Morgan fingerprint density at radius 2 is 1.74 bits per heavy atom. The highest BCUT2D eigenvalue weighted by Gasteiger charge is 2.29. The number of benzene rings is 2. The van der Waals surface area contributed by atoms with E-state index in [0.717, 1.165) is 23.1 Å². The molecule has 5 heteroatoms. The van der Waals surface area contributed by atoms with Crippen LogP contribution in [-0.2, 0) is 16.0 Å². The van der Waals surface area contributed by atoms with Gasteiger partial charge in [0.05, 0.1) is 0 Å². The number of amides is 2. The van der Waals surface area contributed by atoms with Crippen molar-refractivity contribution in [2.24, 2.45) is 0 Å². The Kier molecular flexibility index (Phi) is 9.57. The lowest BCUT2D eigenvalue weighted by Crippen LogP contribution is -2.52. The molecular formula is C26H36N2O3. The van der Waals surface area contributed by atoms with E-state index < -0.39 is 6.04 Å². The SMILES string of the molecule is CC[C@H](C(=O)N[C@@H](C)CC)N(CCc1ccccc1)C(=O)COc1cc(C)ccc1C. The van der Waals surface area contributed by atoms with Crippen LogP contribution in [0.1, 0.15) is 50.3 Å². The third-order valence-corrected chi connectivity index (χ3v) is 5.57. The molecule has 2 aromatic rings. The Morgan fingerprint density at radius 3 is 2.39 bits per heavy atom. The molecule has 0 aliphatic rings. The molecule has 0 bridgehead atoms. The number of aryl methyl sites for hydroxylation is 2. The smallest absolute Gasteiger partial charge is 0.261 e. The van der Waals surface area contributed by atoms with E-state index in [-0.39, 0.29) is 24.5 Å². The third kappa shape index (κ3) is 7.42. The molecule has 0 spiro atoms. The van der Waals surface area contributed by atoms with Crippen LogP contribution in [0.25, 0.3) is 0 Å². The molecule has 0 heterocycles. The minimum absolute atomic E-state index is 0.0684. The number of rotatable bonds is 11. The molecule has 2 aromatic carbocycles. The van der Waals surface area contributed by atoms with Crippen LogP contribution in [-0.4, -0.2) is 41.9 Å². The minimum Gasteiger partial charge on any atom is -0.483 e. The third-order valence-electron chi connectivity index (χ3n) is 5.57. The molecule has 0 fully saturated rings. The average Bonchev–Trinajstić information content (AvgIpc) is 2.77. The van der Waals surface area contributed by atoms with Gasteiger partial charge in [-0.2, -0.15) is 0 Å². The van der Waals surface area contributed by atoms with Gasteiger partial charge >= 0.3 is 0 Å². The van der Waals surface area contributed by atoms with Crippen LogP contribution < -0.4 is 10.1 Å². The van der Waals surface area contributed by atoms with Crippen LogP contribution in [0.15, 0.2) is 48.5 Å². The molecule has 1 N–H and O–H groups in total. The summed E-state index contributed by atoms with van der Waals surface area (Å²) < 4.78 is 5.87. The fourth-order valence-electron chi connectivity index (χ4n) is 3.42. The number of carbonyl (C=O) groups excluding carboxylic acids is 2. The first-order chi connectivity index (χ1) is 14.8. The van der Waals surface area contributed by atoms with Gasteiger partial charge in [0, 0.05) is 12.6 Å². The number of nitrogens with one attached hydrogen (secondary N) is 1. The van der Waals surface area contributed by atoms with Crippen LogP contribution in [0, 0.1) is 13.8 Å². The van der Waals surface area contributed by atoms with Gasteiger partial charge in [-0.25, -0.2) is 0 Å². The Labute approximate surface area is 186 Å². The van der Waals surface area contributed by atoms with Crippen LogP contribution in [0.2, 0.25) is 0 Å². The minimum atomic E-state index is -0.521. The van der Waals surface area contributed by atoms with Gasteiger partial charge in [-0.3, -0.25) is 9.59 Å². The number of ether oxygens (including phenoxy) is 1. The molecule has 0 saturated carbocycles. The predicted molar refractivity (Wildman–Crippen MR) is 125 cm³/mol. The first-order valence-electron chi connectivity index (χ1n) is 11.2. The molecule has 0 radical (unpaired) electrons. The molecule has 2 rings (SSSR count). The van der Waals surface area contributed by atoms with Gasteiger partial charge in [-0.1, -0.05) is 56.3 Å². The molecule has 31 heavy (non-hydrogen) atoms. The quantitative estimate of drug-likeness (QED) is 0.580. The van der Waals surface area contributed by atoms with Crippen molar-refractivity contribution in [3.8, 4) is 5.75 Å². The van der Waals surface area contributed by atoms with Crippen molar-refractivity contribution < 1.29 is 14.3 Å². The fraction of sp³-hybridized carbons (Fsp3) is 0.462. The number of carbonyl (C=O) groups is 2. The summed E-state index contributed by atoms with van der Waals surface area (Å²) in [6, 6.07) is 15.5. The first kappa shape index (κ1) is 24.4. The van der Waals surface area contributed by atoms with E-state index in [1.165, 1.54) is 0 Å². The predicted octanol–water partition coefficient (Wildman–Crippen LogP) is 4.45. The molecule has 2 amide bonds. The summed E-state index contributed by atoms with van der Waals surface area (Å²) in [4.78, 5) is 27.8. The van der Waals surface area contributed by atoms with Gasteiger partial charge in [0.1, 0.15) is 11.8 Å². The van der Waals surface area contributed by atoms with Crippen molar-refractivity contribution in [3.05, 3.63) is 65.2 Å². The van der Waals surface area contributed by atoms with E-state index in [4.69, 9.17) is 4.74 Å². The second kappa shape index (κ2) is 12.1. The zero-order chi connectivity index (χ0) is 22.8. The summed E-state index contributed by atoms with van der Waals surface area (Å²) in [6.07, 6.45) is 2.07. The lowest BCUT2D eigenvalue weighted by Gasteiger charge is -2.31. The average molecular weight is 425 g/mol. The first-order valence-corrected chi connectivity index (χ1v) is 11.2. The van der Waals surface area contributed by atoms with Gasteiger partial charge in [0.25, 0.3) is 5.91 Å². The number of hydrogen-bond donors (Lipinski definition) is 1. The molecule has 2 atom stereocenters. The fourth-order valence-corrected chi connectivity index (χ4v) is 3.42. The van der Waals surface area contributed by atoms with Crippen LogP contribution in [0.3, 0.4) is 0 Å². The highest BCUT2D eigenvalue weighted by molar-refractivity contribution is 5.88. The van der Waals surface area contributed by atoms with Crippen molar-refractivity contribution in [3.63, 3.8) is 0 Å². The van der Waals surface area contributed by atoms with E-state index in [2.05, 4.69) is 5.32 Å². The molecule has 0 unspecified atom stereocenters. The van der Waals surface area contributed by atoms with E-state index in [9.17, 15) is 9.59 Å². The molecule has 0 aliphatic carbocycles. The van der Waals surface area contributed by atoms with Crippen molar-refractivity contribution in [1.82, 2.24) is 10.2 Å². The largest absolute Gasteiger partial charge is 0.483 e. The van der Waals surface area contributed by atoms with Crippen molar-refractivity contribution in [2.45, 2.75) is 66.0 Å². The summed E-state index contributed by atoms with van der Waals surface area (Å²) in [7, 11) is 0. The summed E-state index contributed by atoms with van der Waals surface area (Å²) in [5.74, 6) is 0.418. The summed E-state index contributed by atoms with van der Waals surface area (Å²) >= 11 is 0. The molecule has 168 valence electrons. The maximum Gasteiger partial charge on any atom is 0.261 e. The monoisotopic (exact) mass is 424 g/mol. The Bertz CT molecular complexity index is 851. The molecule has 0 aliphatic heterocycles. The number of nitrogens with zero attached hydrogens (tertiary/aromatic N) is 1. The van der Waals surface area contributed by atoms with Gasteiger partial charge in [0.15, 0.2) is 6.61 Å². The molecule has 0 aromatic heterocycles. The Morgan fingerprint density at radius 1 is 1.03 bits per heavy atom. The van der Waals surface area contributed by atoms with Crippen molar-refractivity contribution in [1.29, 1.82) is 0 Å². The zero-order valence-electron chi connectivity index (χ0n) is 19.5. The second-order valence-electron chi connectivity index (χ2n) is 8.12. The van der Waals surface area contributed by atoms with E-state index in [1.807, 2.05) is 83.1 Å². The lowest BCUT2D eigenvalue weighted by atomic mass is 10.1. The van der Waals surface area contributed by atoms with Gasteiger partial charge in [-0.05, 0) is 62.8 Å². The van der Waals surface area contributed by atoms with Gasteiger partial charge < -0.3 is 15.0 Å². The Hall–Kier alpha value is -2.82. The van der Waals surface area contributed by atoms with Crippen molar-refractivity contribution in [2.75, 3.05) is 13.2 Å². The molecule has 0 saturated heterocycles. The highest BCUT2D eigenvalue weighted by atomic mass is 16.5. The molecule has 5 nitrogen and oxygen atoms in total. The van der Waals surface area contributed by atoms with Gasteiger partial charge in [-0.15, -0.1) is 0 Å². The van der Waals surface area contributed by atoms with Crippen LogP contribution in [0.4, 0.5) is 0 Å².